The van der Waals surface area contributed by atoms with E-state index in [1.807, 2.05) is 38.1 Å². The predicted octanol–water partition coefficient (Wildman–Crippen LogP) is 1.21. The van der Waals surface area contributed by atoms with Crippen LogP contribution in [-0.2, 0) is 17.8 Å². The number of aliphatic hydroxyl groups excluding tert-OH is 1. The van der Waals surface area contributed by atoms with Gasteiger partial charge >= 0.3 is 0 Å². The van der Waals surface area contributed by atoms with E-state index in [9.17, 15) is 9.90 Å². The van der Waals surface area contributed by atoms with Crippen LogP contribution in [0.3, 0.4) is 0 Å². The fraction of sp³-hybridized carbons (Fsp3) is 0.500. The number of nitrogens with one attached hydrogen (secondary N) is 1. The van der Waals surface area contributed by atoms with E-state index in [-0.39, 0.29) is 25.0 Å². The molecule has 1 unspecified atom stereocenters. The third-order valence-electron chi connectivity index (χ3n) is 3.68. The van der Waals surface area contributed by atoms with Crippen molar-refractivity contribution in [1.29, 1.82) is 0 Å². The zero-order valence-electron chi connectivity index (χ0n) is 13.7. The van der Waals surface area contributed by atoms with Crippen LogP contribution in [0.4, 0.5) is 0 Å². The maximum absolute atomic E-state index is 12.2. The maximum atomic E-state index is 12.2. The quantitative estimate of drug-likeness (QED) is 0.800. The molecule has 7 heteroatoms. The molecular formula is C16H23N5O2. The number of hydrogen-bond acceptors (Lipinski definition) is 5. The van der Waals surface area contributed by atoms with Gasteiger partial charge in [0.05, 0.1) is 12.6 Å². The predicted molar refractivity (Wildman–Crippen MR) is 85.7 cm³/mol. The normalized spacial score (nSPS) is 12.4. The summed E-state index contributed by atoms with van der Waals surface area (Å²) in [5, 5.41) is 23.7. The Morgan fingerprint density at radius 2 is 2.00 bits per heavy atom. The molecule has 0 aliphatic carbocycles. The molecule has 0 spiro atoms. The van der Waals surface area contributed by atoms with Crippen LogP contribution in [-0.4, -0.2) is 37.8 Å². The number of nitrogens with zero attached hydrogens (tertiary/aromatic N) is 4. The van der Waals surface area contributed by atoms with Crippen molar-refractivity contribution in [3.05, 3.63) is 41.2 Å². The first-order valence-corrected chi connectivity index (χ1v) is 7.80. The highest BCUT2D eigenvalue weighted by atomic mass is 16.3. The van der Waals surface area contributed by atoms with Gasteiger partial charge in [0.25, 0.3) is 0 Å². The molecule has 0 bridgehead atoms. The monoisotopic (exact) mass is 317 g/mol. The van der Waals surface area contributed by atoms with Gasteiger partial charge in [-0.2, -0.15) is 0 Å². The largest absolute Gasteiger partial charge is 0.394 e. The molecule has 1 aromatic carbocycles. The summed E-state index contributed by atoms with van der Waals surface area (Å²) in [5.41, 5.74) is 2.09. The molecule has 1 amide bonds. The summed E-state index contributed by atoms with van der Waals surface area (Å²) < 4.78 is 1.48. The van der Waals surface area contributed by atoms with E-state index in [0.717, 1.165) is 12.0 Å². The van der Waals surface area contributed by atoms with Crippen LogP contribution >= 0.6 is 0 Å². The number of carbonyl (C=O) groups excluding carboxylic acids is 1. The second kappa shape index (κ2) is 7.82. The highest BCUT2D eigenvalue weighted by Crippen LogP contribution is 2.14. The lowest BCUT2D eigenvalue weighted by molar-refractivity contribution is -0.123. The molecule has 1 heterocycles. The number of hydrogen-bond donors (Lipinski definition) is 2. The summed E-state index contributed by atoms with van der Waals surface area (Å²) in [6, 6.07) is 7.42. The molecule has 0 saturated heterocycles. The average molecular weight is 317 g/mol. The fourth-order valence-electron chi connectivity index (χ4n) is 2.33. The van der Waals surface area contributed by atoms with Gasteiger partial charge in [-0.1, -0.05) is 45.0 Å². The highest BCUT2D eigenvalue weighted by molar-refractivity contribution is 5.76. The molecule has 1 aromatic heterocycles. The Labute approximate surface area is 135 Å². The smallest absolute Gasteiger partial charge is 0.242 e. The molecule has 7 nitrogen and oxygen atoms in total. The van der Waals surface area contributed by atoms with Gasteiger partial charge in [0.2, 0.25) is 5.91 Å². The molecule has 0 aliphatic rings. The zero-order valence-corrected chi connectivity index (χ0v) is 13.7. The van der Waals surface area contributed by atoms with E-state index in [1.165, 1.54) is 10.2 Å². The van der Waals surface area contributed by atoms with Crippen molar-refractivity contribution in [3.63, 3.8) is 0 Å². The number of aryl methyl sites for hydroxylation is 1. The first-order chi connectivity index (χ1) is 11.0. The minimum atomic E-state index is -0.438. The summed E-state index contributed by atoms with van der Waals surface area (Å²) in [6.07, 6.45) is 0.952. The van der Waals surface area contributed by atoms with E-state index in [2.05, 4.69) is 27.8 Å². The third-order valence-corrected chi connectivity index (χ3v) is 3.68. The Balaban J connectivity index is 2.03. The standard InChI is InChI=1S/C16H23N5O2/c1-4-12-5-7-13(8-6-12)14(10-22)17-15(23)9-21-16(11(2)3)18-19-20-21/h5-8,11,14,22H,4,9-10H2,1-3H3,(H,17,23). The first-order valence-electron chi connectivity index (χ1n) is 7.80. The van der Waals surface area contributed by atoms with Crippen molar-refractivity contribution in [1.82, 2.24) is 25.5 Å². The minimum absolute atomic E-state index is 0.0318. The van der Waals surface area contributed by atoms with Crippen LogP contribution < -0.4 is 5.32 Å². The Kier molecular flexibility index (Phi) is 5.81. The number of tetrazole rings is 1. The molecule has 0 saturated carbocycles. The van der Waals surface area contributed by atoms with Gasteiger partial charge < -0.3 is 10.4 Å². The van der Waals surface area contributed by atoms with Gasteiger partial charge in [0.1, 0.15) is 6.54 Å². The van der Waals surface area contributed by atoms with Gasteiger partial charge in [-0.15, -0.1) is 5.10 Å². The minimum Gasteiger partial charge on any atom is -0.394 e. The topological polar surface area (TPSA) is 92.9 Å². The SMILES string of the molecule is CCc1ccc(C(CO)NC(=O)Cn2nnnc2C(C)C)cc1. The number of benzene rings is 1. The number of carbonyl (C=O) groups is 1. The molecule has 0 fully saturated rings. The van der Waals surface area contributed by atoms with Gasteiger partial charge in [-0.05, 0) is 28.0 Å². The van der Waals surface area contributed by atoms with Crippen LogP contribution in [0.5, 0.6) is 0 Å². The fourth-order valence-corrected chi connectivity index (χ4v) is 2.33. The molecule has 23 heavy (non-hydrogen) atoms. The van der Waals surface area contributed by atoms with E-state index >= 15 is 0 Å². The lowest BCUT2D eigenvalue weighted by Gasteiger charge is -2.17. The van der Waals surface area contributed by atoms with Crippen molar-refractivity contribution in [2.75, 3.05) is 6.61 Å². The Morgan fingerprint density at radius 1 is 1.30 bits per heavy atom. The lowest BCUT2D eigenvalue weighted by Crippen LogP contribution is -2.34. The molecule has 1 atom stereocenters. The zero-order chi connectivity index (χ0) is 16.8. The van der Waals surface area contributed by atoms with Crippen molar-refractivity contribution in [2.45, 2.75) is 45.7 Å². The molecule has 2 aromatic rings. The van der Waals surface area contributed by atoms with Gasteiger partial charge in [0.15, 0.2) is 5.82 Å². The van der Waals surface area contributed by atoms with Crippen molar-refractivity contribution in [3.8, 4) is 0 Å². The lowest BCUT2D eigenvalue weighted by atomic mass is 10.0. The van der Waals surface area contributed by atoms with Gasteiger partial charge in [-0.25, -0.2) is 4.68 Å². The summed E-state index contributed by atoms with van der Waals surface area (Å²) in [5.74, 6) is 0.554. The van der Waals surface area contributed by atoms with E-state index < -0.39 is 6.04 Å². The molecule has 2 N–H and O–H groups in total. The molecule has 0 aliphatic heterocycles. The van der Waals surface area contributed by atoms with Crippen LogP contribution in [0.25, 0.3) is 0 Å². The van der Waals surface area contributed by atoms with Gasteiger partial charge in [-0.3, -0.25) is 4.79 Å². The van der Waals surface area contributed by atoms with Crippen LogP contribution in [0.2, 0.25) is 0 Å². The number of aromatic nitrogens is 4. The highest BCUT2D eigenvalue weighted by Gasteiger charge is 2.17. The Morgan fingerprint density at radius 3 is 2.57 bits per heavy atom. The van der Waals surface area contributed by atoms with E-state index in [0.29, 0.717) is 5.82 Å². The summed E-state index contributed by atoms with van der Waals surface area (Å²) >= 11 is 0. The molecular weight excluding hydrogens is 294 g/mol. The first kappa shape index (κ1) is 17.1. The van der Waals surface area contributed by atoms with Gasteiger partial charge in [0, 0.05) is 5.92 Å². The third kappa shape index (κ3) is 4.35. The van der Waals surface area contributed by atoms with Crippen LogP contribution in [0.1, 0.15) is 49.7 Å². The van der Waals surface area contributed by atoms with E-state index in [4.69, 9.17) is 0 Å². The Bertz CT molecular complexity index is 636. The Hall–Kier alpha value is -2.28. The number of aliphatic hydroxyl groups is 1. The molecule has 2 rings (SSSR count). The molecule has 0 radical (unpaired) electrons. The number of amides is 1. The van der Waals surface area contributed by atoms with E-state index in [1.54, 1.807) is 0 Å². The second-order valence-corrected chi connectivity index (χ2v) is 5.75. The summed E-state index contributed by atoms with van der Waals surface area (Å²) in [7, 11) is 0. The van der Waals surface area contributed by atoms with Crippen molar-refractivity contribution in [2.24, 2.45) is 0 Å². The summed E-state index contributed by atoms with van der Waals surface area (Å²) in [4.78, 5) is 12.2. The average Bonchev–Trinajstić information content (AvgIpc) is 3.01. The van der Waals surface area contributed by atoms with Crippen molar-refractivity contribution >= 4 is 5.91 Å². The maximum Gasteiger partial charge on any atom is 0.242 e. The summed E-state index contributed by atoms with van der Waals surface area (Å²) in [6.45, 7) is 5.88. The molecule has 124 valence electrons. The van der Waals surface area contributed by atoms with Crippen molar-refractivity contribution < 1.29 is 9.90 Å². The van der Waals surface area contributed by atoms with Crippen LogP contribution in [0.15, 0.2) is 24.3 Å². The second-order valence-electron chi connectivity index (χ2n) is 5.75. The van der Waals surface area contributed by atoms with Crippen LogP contribution in [0, 0.1) is 0 Å². The number of rotatable bonds is 7.